The Morgan fingerprint density at radius 1 is 0.326 bits per heavy atom. The van der Waals surface area contributed by atoms with E-state index in [1.165, 1.54) is 269 Å². The smallest absolute Gasteiger partial charge is 0.333 e. The van der Waals surface area contributed by atoms with Crippen molar-refractivity contribution >= 4 is 29.8 Å². The monoisotopic (exact) mass is 1340 g/mol. The van der Waals surface area contributed by atoms with Crippen molar-refractivity contribution in [2.24, 2.45) is 5.92 Å². The summed E-state index contributed by atoms with van der Waals surface area (Å²) in [7, 11) is 0. The summed E-state index contributed by atoms with van der Waals surface area (Å²) < 4.78 is 24.9. The Balaban J connectivity index is -0.000000253. The first-order chi connectivity index (χ1) is 46.0. The average molecular weight is 1340 g/mol. The second-order valence-corrected chi connectivity index (χ2v) is 26.0. The largest absolute Gasteiger partial charge is 0.502 e. The van der Waals surface area contributed by atoms with Gasteiger partial charge in [-0.25, -0.2) is 19.2 Å². The predicted molar refractivity (Wildman–Crippen MR) is 412 cm³/mol. The van der Waals surface area contributed by atoms with Crippen molar-refractivity contribution in [1.29, 1.82) is 0 Å². The minimum atomic E-state index is -0.312. The summed E-state index contributed by atoms with van der Waals surface area (Å²) >= 11 is 0. The van der Waals surface area contributed by atoms with E-state index >= 15 is 0 Å². The fourth-order valence-corrected chi connectivity index (χ4v) is 9.83. The standard InChI is InChI=1S/C20H39NO.C15H28O2.C14H28O.2C12H22O2.C11H20O2/c1-5-7-9-11-13-15-17-21(20(22)19(3)4)18-16-14-12-10-8-6-2;1-3-5-6-7-8-9-10-11-12-13-14-17-15(16)4-2;1-3-5-6-7-8-9-10-11-12-13-14-15-4-2;1-5-7-8-11(6-2)9-14-12(13)10(3)4;1-4-5-6-7-8-9-10-14-12(13)11(2)3;1-3-5-6-7-8-9-10-13-11(12)4-2/h3,5-18H2,1-2,4H3;4H,2-3,5-14H2,1H3;4H,2-3,5-14H2,1H3;11H,3,5-9H2,1-2,4H3;2,4-10H2,1,3H3;4H,2-3,5-10H2,1H3. The van der Waals surface area contributed by atoms with Gasteiger partial charge in [0.05, 0.1) is 39.3 Å². The molecule has 1 amide bonds. The average Bonchev–Trinajstić information content (AvgIpc) is 2.21. The quantitative estimate of drug-likeness (QED) is 0.0190. The van der Waals surface area contributed by atoms with E-state index in [4.69, 9.17) is 23.7 Å². The van der Waals surface area contributed by atoms with Crippen LogP contribution in [0.4, 0.5) is 0 Å². The molecule has 0 N–H and O–H groups in total. The Bertz CT molecular complexity index is 1710. The molecule has 1 atom stereocenters. The number of ether oxygens (including phenoxy) is 5. The fraction of sp³-hybridized carbons (Fsp3) is 0.798. The van der Waals surface area contributed by atoms with Crippen molar-refractivity contribution in [3.05, 3.63) is 74.6 Å². The van der Waals surface area contributed by atoms with Crippen LogP contribution in [0.25, 0.3) is 0 Å². The van der Waals surface area contributed by atoms with E-state index in [1.807, 2.05) is 11.8 Å². The number of rotatable bonds is 62. The molecule has 0 spiro atoms. The molecule has 0 radical (unpaired) electrons. The minimum Gasteiger partial charge on any atom is -0.502 e. The highest BCUT2D eigenvalue weighted by molar-refractivity contribution is 5.92. The van der Waals surface area contributed by atoms with Crippen LogP contribution in [0.3, 0.4) is 0 Å². The van der Waals surface area contributed by atoms with E-state index < -0.39 is 0 Å². The molecule has 0 aliphatic carbocycles. The second kappa shape index (κ2) is 89.6. The SMILES string of the molecule is C=C(C)C(=O)N(CCCCCCCC)CCCCCCCC.C=C(C)C(=O)OCC(CC)CCCC.C=C(C)C(=O)OCCCCCCCC.C=CC(=O)OCCCCCCCC.C=CC(=O)OCCCCCCCCCCCC.C=COCCCCCCCCCCCC. The molecule has 11 heteroatoms. The van der Waals surface area contributed by atoms with E-state index in [0.29, 0.717) is 49.1 Å². The van der Waals surface area contributed by atoms with Crippen molar-refractivity contribution in [3.8, 4) is 0 Å². The fourth-order valence-electron chi connectivity index (χ4n) is 9.83. The van der Waals surface area contributed by atoms with Gasteiger partial charge in [0.2, 0.25) is 5.91 Å². The summed E-state index contributed by atoms with van der Waals surface area (Å²) in [6.45, 7) is 48.8. The lowest BCUT2D eigenvalue weighted by molar-refractivity contribution is -0.140. The molecule has 560 valence electrons. The Hall–Kier alpha value is -4.41. The van der Waals surface area contributed by atoms with Crippen molar-refractivity contribution < 1.29 is 47.7 Å². The Morgan fingerprint density at radius 3 is 0.853 bits per heavy atom. The van der Waals surface area contributed by atoms with Gasteiger partial charge in [0.15, 0.2) is 0 Å². The number of unbranched alkanes of at least 4 members (excludes halogenated alkanes) is 39. The number of carbonyl (C=O) groups is 5. The Kier molecular flexibility index (Phi) is 95.8. The van der Waals surface area contributed by atoms with Crippen LogP contribution in [0.5, 0.6) is 0 Å². The molecule has 0 aromatic heterocycles. The van der Waals surface area contributed by atoms with Crippen LogP contribution < -0.4 is 0 Å². The van der Waals surface area contributed by atoms with Crippen molar-refractivity contribution in [3.63, 3.8) is 0 Å². The lowest BCUT2D eigenvalue weighted by Crippen LogP contribution is -2.33. The van der Waals surface area contributed by atoms with Crippen LogP contribution in [0.15, 0.2) is 74.6 Å². The van der Waals surface area contributed by atoms with E-state index in [-0.39, 0.29) is 29.8 Å². The number of hydrogen-bond donors (Lipinski definition) is 0. The van der Waals surface area contributed by atoms with E-state index in [9.17, 15) is 24.0 Å². The molecule has 0 heterocycles. The zero-order valence-electron chi connectivity index (χ0n) is 65.0. The summed E-state index contributed by atoms with van der Waals surface area (Å²) in [5.41, 5.74) is 1.64. The zero-order chi connectivity index (χ0) is 72.3. The van der Waals surface area contributed by atoms with Crippen molar-refractivity contribution in [2.45, 2.75) is 384 Å². The molecule has 0 rings (SSSR count). The van der Waals surface area contributed by atoms with Gasteiger partial charge >= 0.3 is 23.9 Å². The van der Waals surface area contributed by atoms with E-state index in [2.05, 4.69) is 94.9 Å². The number of amides is 1. The van der Waals surface area contributed by atoms with Gasteiger partial charge in [0.1, 0.15) is 0 Å². The van der Waals surface area contributed by atoms with Gasteiger partial charge in [-0.3, -0.25) is 4.79 Å². The van der Waals surface area contributed by atoms with Gasteiger partial charge in [-0.1, -0.05) is 358 Å². The second-order valence-electron chi connectivity index (χ2n) is 26.0. The molecule has 1 unspecified atom stereocenters. The molecule has 0 bridgehead atoms. The Morgan fingerprint density at radius 2 is 0.589 bits per heavy atom. The maximum absolute atomic E-state index is 12.2. The van der Waals surface area contributed by atoms with Crippen LogP contribution in [0.2, 0.25) is 0 Å². The molecule has 0 saturated carbocycles. The molecule has 0 aromatic carbocycles. The van der Waals surface area contributed by atoms with Crippen molar-refractivity contribution in [1.82, 2.24) is 4.90 Å². The summed E-state index contributed by atoms with van der Waals surface area (Å²) in [6, 6.07) is 0. The third kappa shape index (κ3) is 93.8. The number of esters is 4. The van der Waals surface area contributed by atoms with Crippen LogP contribution in [-0.4, -0.2) is 80.8 Å². The summed E-state index contributed by atoms with van der Waals surface area (Å²) in [5.74, 6) is -0.478. The summed E-state index contributed by atoms with van der Waals surface area (Å²) in [5, 5.41) is 0. The molecule has 0 fully saturated rings. The normalized spacial score (nSPS) is 10.5. The van der Waals surface area contributed by atoms with Gasteiger partial charge in [-0.05, 0) is 71.6 Å². The highest BCUT2D eigenvalue weighted by Gasteiger charge is 2.14. The number of hydrogen-bond acceptors (Lipinski definition) is 10. The van der Waals surface area contributed by atoms with Gasteiger partial charge < -0.3 is 28.6 Å². The molecular formula is C84H159NO10. The topological polar surface area (TPSA) is 135 Å². The zero-order valence-corrected chi connectivity index (χ0v) is 65.0. The molecule has 0 aliphatic heterocycles. The maximum atomic E-state index is 12.2. The summed E-state index contributed by atoms with van der Waals surface area (Å²) in [4.78, 5) is 57.6. The van der Waals surface area contributed by atoms with Crippen molar-refractivity contribution in [2.75, 3.05) is 46.1 Å². The Labute approximate surface area is 590 Å². The first-order valence-electron chi connectivity index (χ1n) is 39.4. The van der Waals surface area contributed by atoms with Gasteiger partial charge in [-0.2, -0.15) is 0 Å². The molecule has 11 nitrogen and oxygen atoms in total. The minimum absolute atomic E-state index is 0.155. The molecule has 95 heavy (non-hydrogen) atoms. The van der Waals surface area contributed by atoms with Crippen LogP contribution in [0.1, 0.15) is 384 Å². The van der Waals surface area contributed by atoms with Gasteiger partial charge in [0.25, 0.3) is 0 Å². The van der Waals surface area contributed by atoms with Gasteiger partial charge in [0, 0.05) is 42.0 Å². The molecule has 0 saturated heterocycles. The molecule has 0 aliphatic rings. The lowest BCUT2D eigenvalue weighted by Gasteiger charge is -2.23. The maximum Gasteiger partial charge on any atom is 0.333 e. The highest BCUT2D eigenvalue weighted by atomic mass is 16.5. The number of nitrogens with zero attached hydrogens (tertiary/aromatic N) is 1. The van der Waals surface area contributed by atoms with E-state index in [0.717, 1.165) is 77.5 Å². The summed E-state index contributed by atoms with van der Waals surface area (Å²) in [6.07, 6.45) is 65.1. The first-order valence-corrected chi connectivity index (χ1v) is 39.4. The van der Waals surface area contributed by atoms with Crippen LogP contribution in [0, 0.1) is 5.92 Å². The van der Waals surface area contributed by atoms with E-state index in [1.54, 1.807) is 13.8 Å². The third-order valence-electron chi connectivity index (χ3n) is 16.2. The van der Waals surface area contributed by atoms with Crippen LogP contribution >= 0.6 is 0 Å². The first kappa shape index (κ1) is 102. The predicted octanol–water partition coefficient (Wildman–Crippen LogP) is 25.7. The molecule has 0 aromatic rings. The highest BCUT2D eigenvalue weighted by Crippen LogP contribution is 2.16. The van der Waals surface area contributed by atoms with Gasteiger partial charge in [-0.15, -0.1) is 0 Å². The number of carbonyl (C=O) groups excluding carboxylic acids is 5. The molecular weight excluding hydrogens is 1180 g/mol. The lowest BCUT2D eigenvalue weighted by atomic mass is 10.0. The third-order valence-corrected chi connectivity index (χ3v) is 16.2. The van der Waals surface area contributed by atoms with Crippen LogP contribution in [-0.2, 0) is 47.7 Å².